The Morgan fingerprint density at radius 1 is 1.11 bits per heavy atom. The topological polar surface area (TPSA) is 51.0 Å². The zero-order valence-corrected chi connectivity index (χ0v) is 11.6. The van der Waals surface area contributed by atoms with Crippen molar-refractivity contribution in [3.05, 3.63) is 11.7 Å². The second-order valence-corrected chi connectivity index (χ2v) is 6.93. The summed E-state index contributed by atoms with van der Waals surface area (Å²) in [6.07, 6.45) is 8.41. The molecule has 1 aromatic rings. The van der Waals surface area contributed by atoms with E-state index in [-0.39, 0.29) is 0 Å². The van der Waals surface area contributed by atoms with E-state index >= 15 is 0 Å². The van der Waals surface area contributed by atoms with Crippen LogP contribution in [0.5, 0.6) is 0 Å². The first-order valence-corrected chi connectivity index (χ1v) is 7.78. The van der Waals surface area contributed by atoms with Gasteiger partial charge in [0.2, 0.25) is 5.89 Å². The molecule has 4 nitrogen and oxygen atoms in total. The van der Waals surface area contributed by atoms with Crippen LogP contribution in [0.4, 0.5) is 0 Å². The fraction of sp³-hybridized carbons (Fsp3) is 0.867. The zero-order valence-electron chi connectivity index (χ0n) is 11.6. The van der Waals surface area contributed by atoms with E-state index in [2.05, 4.69) is 15.5 Å². The van der Waals surface area contributed by atoms with Crippen molar-refractivity contribution in [3.63, 3.8) is 0 Å². The van der Waals surface area contributed by atoms with Crippen LogP contribution in [0.25, 0.3) is 0 Å². The summed E-state index contributed by atoms with van der Waals surface area (Å²) in [5, 5.41) is 7.11. The summed E-state index contributed by atoms with van der Waals surface area (Å²) in [4.78, 5) is 4.51. The van der Waals surface area contributed by atoms with Gasteiger partial charge in [0.25, 0.3) is 0 Å². The normalized spacial score (nSPS) is 39.9. The molecule has 0 spiro atoms. The Hall–Kier alpha value is -0.900. The summed E-state index contributed by atoms with van der Waals surface area (Å²) < 4.78 is 5.42. The molecule has 0 radical (unpaired) electrons. The minimum atomic E-state index is 0.700. The molecule has 19 heavy (non-hydrogen) atoms. The summed E-state index contributed by atoms with van der Waals surface area (Å²) in [5.74, 6) is 6.44. The number of hydrogen-bond donors (Lipinski definition) is 1. The third-order valence-corrected chi connectivity index (χ3v) is 5.68. The van der Waals surface area contributed by atoms with Gasteiger partial charge in [0, 0.05) is 6.42 Å². The van der Waals surface area contributed by atoms with Gasteiger partial charge in [-0.1, -0.05) is 5.16 Å². The third-order valence-electron chi connectivity index (χ3n) is 5.68. The number of hydrogen-bond acceptors (Lipinski definition) is 4. The molecule has 104 valence electrons. The van der Waals surface area contributed by atoms with Crippen LogP contribution in [0.2, 0.25) is 0 Å². The second kappa shape index (κ2) is 4.58. The maximum atomic E-state index is 5.42. The van der Waals surface area contributed by atoms with Crippen LogP contribution in [0.3, 0.4) is 0 Å². The molecular weight excluding hydrogens is 238 g/mol. The minimum Gasteiger partial charge on any atom is -0.339 e. The highest BCUT2D eigenvalue weighted by molar-refractivity contribution is 5.01. The molecule has 0 aliphatic heterocycles. The van der Waals surface area contributed by atoms with Crippen molar-refractivity contribution in [1.82, 2.24) is 15.5 Å². The van der Waals surface area contributed by atoms with E-state index in [0.717, 1.165) is 47.7 Å². The predicted octanol–water partition coefficient (Wildman–Crippen LogP) is 2.40. The fourth-order valence-electron chi connectivity index (χ4n) is 5.18. The Morgan fingerprint density at radius 3 is 2.42 bits per heavy atom. The van der Waals surface area contributed by atoms with Crippen LogP contribution in [0.1, 0.15) is 43.8 Å². The maximum Gasteiger partial charge on any atom is 0.226 e. The molecule has 0 aromatic carbocycles. The largest absolute Gasteiger partial charge is 0.339 e. The molecule has 1 heterocycles. The average Bonchev–Trinajstić information content (AvgIpc) is 2.81. The highest BCUT2D eigenvalue weighted by atomic mass is 16.5. The average molecular weight is 261 g/mol. The standard InChI is InChI=1S/C15H23N3O/c1-16-8-14-17-15(19-18-14)7-13-11-3-9-2-10(5-11)6-12(13)4-9/h9-13,16H,2-8H2,1H3. The molecule has 4 aliphatic rings. The molecule has 1 N–H and O–H groups in total. The van der Waals surface area contributed by atoms with Gasteiger partial charge in [-0.15, -0.1) is 0 Å². The molecule has 1 aromatic heterocycles. The van der Waals surface area contributed by atoms with Gasteiger partial charge in [0.15, 0.2) is 5.82 Å². The molecule has 0 amide bonds. The van der Waals surface area contributed by atoms with E-state index in [1.54, 1.807) is 0 Å². The highest BCUT2D eigenvalue weighted by Crippen LogP contribution is 2.57. The maximum absolute atomic E-state index is 5.42. The van der Waals surface area contributed by atoms with Crippen LogP contribution in [-0.2, 0) is 13.0 Å². The van der Waals surface area contributed by atoms with E-state index in [1.165, 1.54) is 32.1 Å². The zero-order chi connectivity index (χ0) is 12.8. The fourth-order valence-corrected chi connectivity index (χ4v) is 5.18. The Balaban J connectivity index is 1.47. The van der Waals surface area contributed by atoms with Gasteiger partial charge < -0.3 is 9.84 Å². The van der Waals surface area contributed by atoms with Crippen LogP contribution in [-0.4, -0.2) is 17.2 Å². The molecule has 4 saturated carbocycles. The van der Waals surface area contributed by atoms with Crippen molar-refractivity contribution in [3.8, 4) is 0 Å². The number of nitrogens with one attached hydrogen (secondary N) is 1. The molecule has 4 bridgehead atoms. The van der Waals surface area contributed by atoms with Gasteiger partial charge in [-0.3, -0.25) is 0 Å². The molecule has 4 heteroatoms. The van der Waals surface area contributed by atoms with Crippen LogP contribution >= 0.6 is 0 Å². The Labute approximate surface area is 114 Å². The van der Waals surface area contributed by atoms with Crippen LogP contribution in [0.15, 0.2) is 4.52 Å². The van der Waals surface area contributed by atoms with Crippen LogP contribution < -0.4 is 5.32 Å². The van der Waals surface area contributed by atoms with Crippen molar-refractivity contribution < 1.29 is 4.52 Å². The molecule has 4 fully saturated rings. The summed E-state index contributed by atoms with van der Waals surface area (Å²) in [7, 11) is 1.91. The number of rotatable bonds is 4. The molecule has 5 rings (SSSR count). The van der Waals surface area contributed by atoms with E-state index in [0.29, 0.717) is 6.54 Å². The number of aromatic nitrogens is 2. The van der Waals surface area contributed by atoms with Crippen molar-refractivity contribution >= 4 is 0 Å². The first-order chi connectivity index (χ1) is 9.31. The summed E-state index contributed by atoms with van der Waals surface area (Å²) in [6, 6.07) is 0. The van der Waals surface area contributed by atoms with Crippen molar-refractivity contribution in [2.45, 2.75) is 45.1 Å². The van der Waals surface area contributed by atoms with Crippen molar-refractivity contribution in [1.29, 1.82) is 0 Å². The van der Waals surface area contributed by atoms with E-state index < -0.39 is 0 Å². The summed E-state index contributed by atoms with van der Waals surface area (Å²) in [6.45, 7) is 0.700. The lowest BCUT2D eigenvalue weighted by molar-refractivity contribution is -0.0385. The third kappa shape index (κ3) is 2.10. The van der Waals surface area contributed by atoms with Gasteiger partial charge in [-0.2, -0.15) is 4.98 Å². The quantitative estimate of drug-likeness (QED) is 0.904. The van der Waals surface area contributed by atoms with Gasteiger partial charge in [-0.05, 0) is 68.7 Å². The first kappa shape index (κ1) is 11.9. The summed E-state index contributed by atoms with van der Waals surface area (Å²) >= 11 is 0. The lowest BCUT2D eigenvalue weighted by Gasteiger charge is -2.54. The molecule has 0 saturated heterocycles. The van der Waals surface area contributed by atoms with E-state index in [4.69, 9.17) is 4.52 Å². The molecular formula is C15H23N3O. The monoisotopic (exact) mass is 261 g/mol. The summed E-state index contributed by atoms with van der Waals surface area (Å²) in [5.41, 5.74) is 0. The van der Waals surface area contributed by atoms with Crippen LogP contribution in [0, 0.1) is 29.6 Å². The second-order valence-electron chi connectivity index (χ2n) is 6.93. The lowest BCUT2D eigenvalue weighted by atomic mass is 9.51. The van der Waals surface area contributed by atoms with Crippen molar-refractivity contribution in [2.75, 3.05) is 7.05 Å². The smallest absolute Gasteiger partial charge is 0.226 e. The van der Waals surface area contributed by atoms with E-state index in [9.17, 15) is 0 Å². The Bertz CT molecular complexity index is 428. The minimum absolute atomic E-state index is 0.700. The highest BCUT2D eigenvalue weighted by Gasteiger charge is 2.48. The Kier molecular flexibility index (Phi) is 2.87. The number of nitrogens with zero attached hydrogens (tertiary/aromatic N) is 2. The SMILES string of the molecule is CNCc1noc(CC2C3CC4CC(C3)CC2C4)n1. The molecule has 0 atom stereocenters. The van der Waals surface area contributed by atoms with Gasteiger partial charge in [0.1, 0.15) is 0 Å². The van der Waals surface area contributed by atoms with Gasteiger partial charge in [0.05, 0.1) is 6.54 Å². The van der Waals surface area contributed by atoms with Gasteiger partial charge in [-0.25, -0.2) is 0 Å². The van der Waals surface area contributed by atoms with Crippen molar-refractivity contribution in [2.24, 2.45) is 29.6 Å². The van der Waals surface area contributed by atoms with Gasteiger partial charge >= 0.3 is 0 Å². The van der Waals surface area contributed by atoms with E-state index in [1.807, 2.05) is 7.05 Å². The lowest BCUT2D eigenvalue weighted by Crippen LogP contribution is -2.45. The predicted molar refractivity (Wildman–Crippen MR) is 71.3 cm³/mol. The molecule has 0 unspecified atom stereocenters. The first-order valence-electron chi connectivity index (χ1n) is 7.78. The Morgan fingerprint density at radius 2 is 1.79 bits per heavy atom. The molecule has 4 aliphatic carbocycles.